The smallest absolute Gasteiger partial charge is 0.255 e. The molecule has 5 atom stereocenters. The summed E-state index contributed by atoms with van der Waals surface area (Å²) >= 11 is 0. The van der Waals surface area contributed by atoms with Crippen LogP contribution in [-0.2, 0) is 22.4 Å². The number of benzene rings is 4. The van der Waals surface area contributed by atoms with E-state index in [0.29, 0.717) is 62.2 Å². The third-order valence-corrected chi connectivity index (χ3v) is 16.7. The molecule has 3 heterocycles. The number of rotatable bonds is 15. The lowest BCUT2D eigenvalue weighted by Gasteiger charge is -2.50. The molecule has 6 aliphatic rings. The first-order valence-electron chi connectivity index (χ1n) is 28.2. The number of anilines is 4. The van der Waals surface area contributed by atoms with Crippen LogP contribution in [0, 0.1) is 11.8 Å². The molecule has 1 fully saturated rings. The molecule has 4 aliphatic carbocycles. The predicted molar refractivity (Wildman–Crippen MR) is 319 cm³/mol. The zero-order valence-corrected chi connectivity index (χ0v) is 48.1. The van der Waals surface area contributed by atoms with Crippen molar-refractivity contribution < 1.29 is 64.8 Å². The minimum atomic E-state index is -2.63. The van der Waals surface area contributed by atoms with Crippen molar-refractivity contribution in [1.82, 2.24) is 25.4 Å². The number of phenolic OH excluding ortho intramolecular Hbond substituents is 3. The van der Waals surface area contributed by atoms with Gasteiger partial charge in [0.15, 0.2) is 11.4 Å². The Morgan fingerprint density at radius 3 is 1.86 bits per heavy atom. The molecule has 23 nitrogen and oxygen atoms in total. The number of primary amides is 1. The molecule has 85 heavy (non-hydrogen) atoms. The zero-order valence-electron chi connectivity index (χ0n) is 48.1. The monoisotopic (exact) mass is 1170 g/mol. The van der Waals surface area contributed by atoms with Gasteiger partial charge in [0.2, 0.25) is 17.3 Å². The number of hydrogen-bond donors (Lipinski definition) is 13. The van der Waals surface area contributed by atoms with E-state index in [4.69, 9.17) is 15.9 Å². The summed E-state index contributed by atoms with van der Waals surface area (Å²) in [5, 5.41) is 94.5. The molecule has 11 rings (SSSR count). The van der Waals surface area contributed by atoms with Crippen LogP contribution in [-0.4, -0.2) is 204 Å². The summed E-state index contributed by atoms with van der Waals surface area (Å²) in [5.74, 6) is -7.21. The number of likely N-dealkylation sites (N-methyl/N-ethyl adjacent to an activating group) is 2. The molecule has 14 N–H and O–H groups in total. The molecule has 0 spiro atoms. The van der Waals surface area contributed by atoms with Crippen LogP contribution in [0.2, 0.25) is 0 Å². The number of aromatic nitrogens is 1. The van der Waals surface area contributed by atoms with Gasteiger partial charge in [0.1, 0.15) is 40.2 Å². The number of pyridine rings is 1. The van der Waals surface area contributed by atoms with Crippen LogP contribution in [0.4, 0.5) is 22.9 Å². The first-order chi connectivity index (χ1) is 40.7. The van der Waals surface area contributed by atoms with Gasteiger partial charge in [-0.2, -0.15) is 0 Å². The topological polar surface area (TPSA) is 347 Å². The van der Waals surface area contributed by atoms with E-state index in [1.807, 2.05) is 6.20 Å². The van der Waals surface area contributed by atoms with E-state index in [1.165, 1.54) is 45.6 Å². The second-order valence-electron chi connectivity index (χ2n) is 22.4. The number of ketones is 4. The molecule has 2 aliphatic heterocycles. The van der Waals surface area contributed by atoms with Gasteiger partial charge >= 0.3 is 0 Å². The summed E-state index contributed by atoms with van der Waals surface area (Å²) in [5.41, 5.74) is 7.97. The van der Waals surface area contributed by atoms with Gasteiger partial charge in [-0.25, -0.2) is 4.98 Å². The second kappa shape index (κ2) is 25.4. The van der Waals surface area contributed by atoms with Crippen LogP contribution in [0.1, 0.15) is 76.9 Å². The Balaban J connectivity index is 0.000000157. The van der Waals surface area contributed by atoms with Gasteiger partial charge in [-0.15, -0.1) is 0 Å². The number of aliphatic hydroxyl groups excluding tert-OH is 4. The molecule has 1 amide bonds. The molecule has 0 saturated carbocycles. The van der Waals surface area contributed by atoms with Crippen molar-refractivity contribution in [2.75, 3.05) is 128 Å². The van der Waals surface area contributed by atoms with Gasteiger partial charge in [-0.3, -0.25) is 28.9 Å². The summed E-state index contributed by atoms with van der Waals surface area (Å²) in [6, 6.07) is 21.4. The van der Waals surface area contributed by atoms with Crippen molar-refractivity contribution in [1.29, 1.82) is 0 Å². The standard InChI is InChI=1S/C23H27N3O7.C22H28N4O6.C17H19N3/c1-25(2)12-5-6-13(27)15-10(12)7-9-8-11-17(26(3)4)19(29)16(22(24)32)21(31)23(11,33)20(30)14(9)18(15)28;27-11-9-23-5-7-25-13-1-2-14(26-8-6-24-10-12-28)18-17(13)21(31)19-15(29)3-4-16(30)20(19)22(18)32;1-19-9-10-20-16(12-19)15-7-3-2-5-13(15)11-14-6-4-8-18-17(14)20/h5-6,9,11,17,27,29-30,33H,7-8H2,1-4H3,(H2,24,32);1-4,23-30H,5-12H2;2-8,16H,9-12H2,1H3/t9-,11-,17-,23-;;/m0../s1. The van der Waals surface area contributed by atoms with Gasteiger partial charge in [-0.05, 0) is 105 Å². The Morgan fingerprint density at radius 1 is 0.706 bits per heavy atom. The number of carbonyl (C=O) groups is 5. The Bertz CT molecular complexity index is 3430. The van der Waals surface area contributed by atoms with E-state index in [1.54, 1.807) is 51.3 Å². The van der Waals surface area contributed by atoms with Gasteiger partial charge in [-0.1, -0.05) is 30.3 Å². The second-order valence-corrected chi connectivity index (χ2v) is 22.4. The fourth-order valence-corrected chi connectivity index (χ4v) is 12.8. The van der Waals surface area contributed by atoms with Crippen LogP contribution in [0.15, 0.2) is 102 Å². The van der Waals surface area contributed by atoms with Gasteiger partial charge in [0.25, 0.3) is 5.91 Å². The Kier molecular flexibility index (Phi) is 18.3. The van der Waals surface area contributed by atoms with Crippen molar-refractivity contribution >= 4 is 51.9 Å². The highest BCUT2D eigenvalue weighted by Crippen LogP contribution is 2.53. The number of nitrogens with one attached hydrogen (secondary N) is 4. The third-order valence-electron chi connectivity index (χ3n) is 16.7. The van der Waals surface area contributed by atoms with Crippen molar-refractivity contribution in [3.63, 3.8) is 0 Å². The number of nitrogens with zero attached hydrogens (tertiary/aromatic N) is 5. The Hall–Kier alpha value is -8.42. The minimum Gasteiger partial charge on any atom is -0.510 e. The fourth-order valence-electron chi connectivity index (χ4n) is 12.8. The highest BCUT2D eigenvalue weighted by molar-refractivity contribution is 6.33. The van der Waals surface area contributed by atoms with E-state index in [0.717, 1.165) is 31.7 Å². The molecule has 1 unspecified atom stereocenters. The maximum Gasteiger partial charge on any atom is 0.255 e. The minimum absolute atomic E-state index is 0.00184. The average Bonchev–Trinajstić information content (AvgIpc) is 1.13. The van der Waals surface area contributed by atoms with Crippen LogP contribution in [0.5, 0.6) is 17.2 Å². The van der Waals surface area contributed by atoms with Crippen molar-refractivity contribution in [3.8, 4) is 17.2 Å². The average molecular weight is 1170 g/mol. The number of phenols is 3. The molecule has 0 radical (unpaired) electrons. The fraction of sp³-hybridized carbons (Fsp3) is 0.387. The zero-order chi connectivity index (χ0) is 61.2. The van der Waals surface area contributed by atoms with Crippen LogP contribution < -0.4 is 36.8 Å². The summed E-state index contributed by atoms with van der Waals surface area (Å²) in [6.07, 6.45) is 3.24. The van der Waals surface area contributed by atoms with E-state index in [2.05, 4.69) is 79.5 Å². The maximum atomic E-state index is 13.5. The first-order valence-corrected chi connectivity index (χ1v) is 28.2. The quantitative estimate of drug-likeness (QED) is 0.0399. The summed E-state index contributed by atoms with van der Waals surface area (Å²) in [7, 11) is 9.00. The maximum absolute atomic E-state index is 13.5. The first kappa shape index (κ1) is 61.1. The SMILES string of the molecule is CN(C)c1ccc(O)c2c1C[C@H]1C[C@H]3[C@H](N(C)C)C(O)=C(C(N)=O)C(=O)[C@@]3(O)C(O)=C1C2=O.CN1CCN2c3ncccc3Cc3ccccc3C2C1.O=C1c2c(O)ccc(O)c2C(=O)c2c(NCCNCCO)ccc(NCCNCCO)c21. The summed E-state index contributed by atoms with van der Waals surface area (Å²) in [4.78, 5) is 78.3. The number of aromatic hydroxyl groups is 3. The number of Topliss-reactive ketones (excluding diaryl/α,β-unsaturated/α-hetero) is 2. The molecular weight excluding hydrogens is 1090 g/mol. The number of carbonyl (C=O) groups excluding carboxylic acids is 5. The largest absolute Gasteiger partial charge is 0.510 e. The number of nitrogens with two attached hydrogens (primary N) is 1. The van der Waals surface area contributed by atoms with E-state index in [9.17, 15) is 54.6 Å². The highest BCUT2D eigenvalue weighted by atomic mass is 16.3. The molecule has 4 aromatic carbocycles. The molecule has 23 heteroatoms. The van der Waals surface area contributed by atoms with Crippen LogP contribution >= 0.6 is 0 Å². The molecular formula is C62H74N10O13. The molecule has 0 bridgehead atoms. The summed E-state index contributed by atoms with van der Waals surface area (Å²) in [6.45, 7) is 6.05. The molecule has 450 valence electrons. The Morgan fingerprint density at radius 2 is 1.28 bits per heavy atom. The lowest BCUT2D eigenvalue weighted by Crippen LogP contribution is -2.63. The number of piperazine rings is 1. The highest BCUT2D eigenvalue weighted by Gasteiger charge is 2.63. The van der Waals surface area contributed by atoms with E-state index in [-0.39, 0.29) is 76.7 Å². The summed E-state index contributed by atoms with van der Waals surface area (Å²) < 4.78 is 0. The van der Waals surface area contributed by atoms with E-state index < -0.39 is 69.6 Å². The number of amides is 1. The van der Waals surface area contributed by atoms with Gasteiger partial charge in [0, 0.05) is 114 Å². The number of fused-ring (bicyclic) bond motifs is 10. The van der Waals surface area contributed by atoms with Crippen molar-refractivity contribution in [2.45, 2.75) is 36.9 Å². The Labute approximate surface area is 491 Å². The van der Waals surface area contributed by atoms with E-state index >= 15 is 0 Å². The lowest BCUT2D eigenvalue weighted by atomic mass is 9.58. The third kappa shape index (κ3) is 11.4. The van der Waals surface area contributed by atoms with Crippen molar-refractivity contribution in [3.05, 3.63) is 152 Å². The van der Waals surface area contributed by atoms with Crippen LogP contribution in [0.3, 0.4) is 0 Å². The van der Waals surface area contributed by atoms with Crippen LogP contribution in [0.25, 0.3) is 0 Å². The number of aliphatic hydroxyl groups is 5. The molecule has 1 aromatic heterocycles. The number of hydrogen-bond acceptors (Lipinski definition) is 22. The predicted octanol–water partition coefficient (Wildman–Crippen LogP) is 2.53. The lowest BCUT2D eigenvalue weighted by molar-refractivity contribution is -0.148. The van der Waals surface area contributed by atoms with Crippen molar-refractivity contribution in [2.24, 2.45) is 17.6 Å². The van der Waals surface area contributed by atoms with Gasteiger partial charge < -0.3 is 82.6 Å². The molecule has 5 aromatic rings. The number of allylic oxidation sites excluding steroid dienone is 1. The van der Waals surface area contributed by atoms with Gasteiger partial charge in [0.05, 0.1) is 53.1 Å². The molecule has 1 saturated heterocycles. The normalized spacial score (nSPS) is 21.1.